The van der Waals surface area contributed by atoms with E-state index < -0.39 is 0 Å². The Hall–Kier alpha value is -2.51. The summed E-state index contributed by atoms with van der Waals surface area (Å²) in [6.45, 7) is 5.01. The van der Waals surface area contributed by atoms with Gasteiger partial charge in [0.25, 0.3) is 11.7 Å². The molecule has 1 N–H and O–H groups in total. The number of rotatable bonds is 5. The first kappa shape index (κ1) is 16.0. The lowest BCUT2D eigenvalue weighted by Gasteiger charge is -2.23. The summed E-state index contributed by atoms with van der Waals surface area (Å²) < 4.78 is 5.39. The summed E-state index contributed by atoms with van der Waals surface area (Å²) in [5.41, 5.74) is 0. The largest absolute Gasteiger partial charge is 0.346 e. The minimum atomic E-state index is -0.258. The quantitative estimate of drug-likeness (QED) is 0.889. The fraction of sp³-hybridized carbons (Fsp3) is 0.588. The van der Waals surface area contributed by atoms with Crippen LogP contribution in [0.1, 0.15) is 73.8 Å². The summed E-state index contributed by atoms with van der Waals surface area (Å²) in [4.78, 5) is 27.5. The third kappa shape index (κ3) is 3.33. The standard InChI is InChI=1S/C17H22N6O2/c1-10(2)14-18-8-7-13(20-14)23-9-3-4-12(23)17-21-15(22-25-17)16(24)19-11-5-6-11/h7-8,10-12H,3-6,9H2,1-2H3,(H,19,24)/t12-/m0/s1. The number of carbonyl (C=O) groups excluding carboxylic acids is 1. The molecule has 0 unspecified atom stereocenters. The topological polar surface area (TPSA) is 97.0 Å². The molecule has 0 spiro atoms. The number of hydrogen-bond acceptors (Lipinski definition) is 7. The molecule has 2 fully saturated rings. The Labute approximate surface area is 146 Å². The van der Waals surface area contributed by atoms with Crippen molar-refractivity contribution < 1.29 is 9.32 Å². The van der Waals surface area contributed by atoms with Gasteiger partial charge < -0.3 is 14.7 Å². The van der Waals surface area contributed by atoms with Crippen LogP contribution in [0.15, 0.2) is 16.8 Å². The van der Waals surface area contributed by atoms with Crippen molar-refractivity contribution in [1.82, 2.24) is 25.4 Å². The maximum absolute atomic E-state index is 12.1. The molecule has 0 radical (unpaired) electrons. The third-order valence-electron chi connectivity index (χ3n) is 4.57. The number of amides is 1. The second-order valence-electron chi connectivity index (χ2n) is 6.98. The predicted octanol–water partition coefficient (Wildman–Crippen LogP) is 2.22. The van der Waals surface area contributed by atoms with E-state index in [0.717, 1.165) is 43.9 Å². The molecule has 3 heterocycles. The normalized spacial score (nSPS) is 20.3. The first-order valence-electron chi connectivity index (χ1n) is 8.86. The van der Waals surface area contributed by atoms with Gasteiger partial charge in [-0.2, -0.15) is 4.98 Å². The van der Waals surface area contributed by atoms with Crippen LogP contribution >= 0.6 is 0 Å². The monoisotopic (exact) mass is 342 g/mol. The van der Waals surface area contributed by atoms with E-state index >= 15 is 0 Å². The Morgan fingerprint density at radius 1 is 1.32 bits per heavy atom. The Morgan fingerprint density at radius 2 is 2.16 bits per heavy atom. The van der Waals surface area contributed by atoms with E-state index in [-0.39, 0.29) is 29.7 Å². The van der Waals surface area contributed by atoms with Crippen molar-refractivity contribution in [2.45, 2.75) is 57.5 Å². The van der Waals surface area contributed by atoms with Crippen LogP contribution in [-0.2, 0) is 0 Å². The summed E-state index contributed by atoms with van der Waals surface area (Å²) in [5.74, 6) is 2.28. The van der Waals surface area contributed by atoms with Gasteiger partial charge in [-0.3, -0.25) is 4.79 Å². The Balaban J connectivity index is 1.54. The van der Waals surface area contributed by atoms with Gasteiger partial charge in [-0.25, -0.2) is 9.97 Å². The SMILES string of the molecule is CC(C)c1nccc(N2CCC[C@H]2c2nc(C(=O)NC3CC3)no2)n1. The van der Waals surface area contributed by atoms with Gasteiger partial charge >= 0.3 is 0 Å². The van der Waals surface area contributed by atoms with E-state index in [1.54, 1.807) is 6.20 Å². The lowest BCUT2D eigenvalue weighted by molar-refractivity contribution is 0.0937. The highest BCUT2D eigenvalue weighted by Gasteiger charge is 2.33. The summed E-state index contributed by atoms with van der Waals surface area (Å²) in [6, 6.07) is 2.12. The van der Waals surface area contributed by atoms with E-state index in [4.69, 9.17) is 4.52 Å². The van der Waals surface area contributed by atoms with Gasteiger partial charge in [0, 0.05) is 24.7 Å². The lowest BCUT2D eigenvalue weighted by atomic mass is 10.2. The Kier molecular flexibility index (Phi) is 4.10. The first-order valence-corrected chi connectivity index (χ1v) is 8.86. The van der Waals surface area contributed by atoms with Crippen molar-refractivity contribution in [2.75, 3.05) is 11.4 Å². The number of hydrogen-bond donors (Lipinski definition) is 1. The molecule has 4 rings (SSSR count). The fourth-order valence-corrected chi connectivity index (χ4v) is 3.04. The molecule has 1 atom stereocenters. The zero-order valence-corrected chi connectivity index (χ0v) is 14.5. The molecule has 1 saturated heterocycles. The Morgan fingerprint density at radius 3 is 2.92 bits per heavy atom. The zero-order chi connectivity index (χ0) is 17.4. The summed E-state index contributed by atoms with van der Waals surface area (Å²) in [6.07, 6.45) is 5.75. The van der Waals surface area contributed by atoms with Gasteiger partial charge in [0.15, 0.2) is 0 Å². The van der Waals surface area contributed by atoms with Crippen molar-refractivity contribution in [3.63, 3.8) is 0 Å². The molecule has 1 saturated carbocycles. The molecule has 2 aliphatic rings. The highest BCUT2D eigenvalue weighted by Crippen LogP contribution is 2.34. The second kappa shape index (κ2) is 6.42. The number of aromatic nitrogens is 4. The molecule has 2 aromatic heterocycles. The van der Waals surface area contributed by atoms with Gasteiger partial charge in [-0.15, -0.1) is 0 Å². The van der Waals surface area contributed by atoms with E-state index in [9.17, 15) is 4.79 Å². The van der Waals surface area contributed by atoms with Crippen LogP contribution in [-0.4, -0.2) is 38.6 Å². The predicted molar refractivity (Wildman–Crippen MR) is 90.2 cm³/mol. The van der Waals surface area contributed by atoms with Gasteiger partial charge in [0.2, 0.25) is 5.89 Å². The number of nitrogens with one attached hydrogen (secondary N) is 1. The van der Waals surface area contributed by atoms with Gasteiger partial charge in [-0.05, 0) is 31.7 Å². The van der Waals surface area contributed by atoms with Crippen molar-refractivity contribution in [2.24, 2.45) is 0 Å². The molecule has 1 aliphatic heterocycles. The highest BCUT2D eigenvalue weighted by molar-refractivity contribution is 5.90. The Bertz CT molecular complexity index is 770. The molecule has 1 amide bonds. The molecule has 0 aromatic carbocycles. The van der Waals surface area contributed by atoms with E-state index in [2.05, 4.69) is 44.2 Å². The minimum Gasteiger partial charge on any atom is -0.346 e. The molecule has 0 bridgehead atoms. The van der Waals surface area contributed by atoms with Crippen molar-refractivity contribution >= 4 is 11.7 Å². The number of nitrogens with zero attached hydrogens (tertiary/aromatic N) is 5. The molecule has 132 valence electrons. The van der Waals surface area contributed by atoms with Gasteiger partial charge in [0.1, 0.15) is 17.7 Å². The average Bonchev–Trinajstić information content (AvgIpc) is 3.12. The zero-order valence-electron chi connectivity index (χ0n) is 14.5. The van der Waals surface area contributed by atoms with Gasteiger partial charge in [-0.1, -0.05) is 19.0 Å². The van der Waals surface area contributed by atoms with Crippen LogP contribution < -0.4 is 10.2 Å². The van der Waals surface area contributed by atoms with E-state index in [1.807, 2.05) is 6.07 Å². The van der Waals surface area contributed by atoms with Crippen LogP contribution in [0.25, 0.3) is 0 Å². The summed E-state index contributed by atoms with van der Waals surface area (Å²) in [7, 11) is 0. The number of anilines is 1. The van der Waals surface area contributed by atoms with Gasteiger partial charge in [0.05, 0.1) is 0 Å². The van der Waals surface area contributed by atoms with Crippen LogP contribution in [0, 0.1) is 0 Å². The number of carbonyl (C=O) groups is 1. The highest BCUT2D eigenvalue weighted by atomic mass is 16.5. The molecule has 1 aliphatic carbocycles. The summed E-state index contributed by atoms with van der Waals surface area (Å²) in [5, 5.41) is 6.74. The van der Waals surface area contributed by atoms with Crippen molar-refractivity contribution in [1.29, 1.82) is 0 Å². The molecule has 25 heavy (non-hydrogen) atoms. The van der Waals surface area contributed by atoms with E-state index in [1.165, 1.54) is 0 Å². The van der Waals surface area contributed by atoms with Crippen molar-refractivity contribution in [3.8, 4) is 0 Å². The maximum atomic E-state index is 12.1. The molecule has 2 aromatic rings. The van der Waals surface area contributed by atoms with Crippen LogP contribution in [0.2, 0.25) is 0 Å². The summed E-state index contributed by atoms with van der Waals surface area (Å²) >= 11 is 0. The molecular weight excluding hydrogens is 320 g/mol. The third-order valence-corrected chi connectivity index (χ3v) is 4.57. The lowest BCUT2D eigenvalue weighted by Crippen LogP contribution is -2.27. The van der Waals surface area contributed by atoms with Crippen LogP contribution in [0.3, 0.4) is 0 Å². The molecule has 8 nitrogen and oxygen atoms in total. The molecular formula is C17H22N6O2. The average molecular weight is 342 g/mol. The van der Waals surface area contributed by atoms with E-state index in [0.29, 0.717) is 5.89 Å². The molecule has 8 heteroatoms. The first-order chi connectivity index (χ1) is 12.1. The van der Waals surface area contributed by atoms with Crippen LogP contribution in [0.5, 0.6) is 0 Å². The maximum Gasteiger partial charge on any atom is 0.292 e. The fourth-order valence-electron chi connectivity index (χ4n) is 3.04. The second-order valence-corrected chi connectivity index (χ2v) is 6.98. The smallest absolute Gasteiger partial charge is 0.292 e. The van der Waals surface area contributed by atoms with Crippen molar-refractivity contribution in [3.05, 3.63) is 29.8 Å². The van der Waals surface area contributed by atoms with Crippen LogP contribution in [0.4, 0.5) is 5.82 Å². The minimum absolute atomic E-state index is 0.0510.